The van der Waals surface area contributed by atoms with E-state index in [1.54, 1.807) is 12.1 Å². The zero-order chi connectivity index (χ0) is 18.0. The zero-order valence-electron chi connectivity index (χ0n) is 13.9. The summed E-state index contributed by atoms with van der Waals surface area (Å²) < 4.78 is 4.72. The first-order chi connectivity index (χ1) is 12.0. The second-order valence-electron chi connectivity index (χ2n) is 6.55. The standard InChI is InChI=1S/C18H19NO6/c1-24-14(20)10-18(8-4-5-9-18)11-15(21)25-19-16(22)12-6-2-3-7-13(12)17(19)23/h2-3,6-7H,4-5,8-11H2,1H3. The molecule has 1 aromatic rings. The minimum atomic E-state index is -0.694. The lowest BCUT2D eigenvalue weighted by atomic mass is 9.79. The second kappa shape index (κ2) is 6.66. The SMILES string of the molecule is COC(=O)CC1(CC(=O)ON2C(=O)c3ccccc3C2=O)CCCC1. The Labute approximate surface area is 144 Å². The average molecular weight is 345 g/mol. The van der Waals surface area contributed by atoms with Crippen LogP contribution in [0.15, 0.2) is 24.3 Å². The number of benzene rings is 1. The van der Waals surface area contributed by atoms with Gasteiger partial charge >= 0.3 is 11.9 Å². The molecule has 1 saturated carbocycles. The molecule has 2 amide bonds. The smallest absolute Gasteiger partial charge is 0.333 e. The molecular weight excluding hydrogens is 326 g/mol. The maximum absolute atomic E-state index is 12.4. The first-order valence-corrected chi connectivity index (χ1v) is 8.21. The summed E-state index contributed by atoms with van der Waals surface area (Å²) in [5.74, 6) is -2.37. The van der Waals surface area contributed by atoms with Gasteiger partial charge in [-0.15, -0.1) is 0 Å². The average Bonchev–Trinajstić information content (AvgIpc) is 3.14. The molecule has 7 heteroatoms. The number of carbonyl (C=O) groups is 4. The van der Waals surface area contributed by atoms with Crippen molar-refractivity contribution in [1.82, 2.24) is 5.06 Å². The monoisotopic (exact) mass is 345 g/mol. The van der Waals surface area contributed by atoms with E-state index in [0.29, 0.717) is 17.9 Å². The van der Waals surface area contributed by atoms with E-state index in [4.69, 9.17) is 9.57 Å². The molecule has 1 aliphatic carbocycles. The van der Waals surface area contributed by atoms with Crippen molar-refractivity contribution in [3.05, 3.63) is 35.4 Å². The number of carbonyl (C=O) groups excluding carboxylic acids is 4. The number of rotatable bonds is 5. The van der Waals surface area contributed by atoms with E-state index in [1.807, 2.05) is 0 Å². The highest BCUT2D eigenvalue weighted by atomic mass is 16.7. The van der Waals surface area contributed by atoms with Gasteiger partial charge in [0.15, 0.2) is 0 Å². The summed E-state index contributed by atoms with van der Waals surface area (Å²) in [6.45, 7) is 0. The van der Waals surface area contributed by atoms with E-state index in [1.165, 1.54) is 19.2 Å². The number of imide groups is 1. The van der Waals surface area contributed by atoms with Gasteiger partial charge in [-0.1, -0.05) is 30.0 Å². The van der Waals surface area contributed by atoms with Crippen molar-refractivity contribution in [3.8, 4) is 0 Å². The Hall–Kier alpha value is -2.70. The van der Waals surface area contributed by atoms with E-state index in [9.17, 15) is 19.2 Å². The van der Waals surface area contributed by atoms with E-state index in [2.05, 4.69) is 0 Å². The maximum Gasteiger partial charge on any atom is 0.333 e. The fraction of sp³-hybridized carbons (Fsp3) is 0.444. The van der Waals surface area contributed by atoms with Crippen LogP contribution in [-0.2, 0) is 19.2 Å². The molecule has 2 aliphatic rings. The Morgan fingerprint density at radius 3 is 2.04 bits per heavy atom. The molecule has 1 aliphatic heterocycles. The number of esters is 1. The van der Waals surface area contributed by atoms with Crippen LogP contribution in [0.25, 0.3) is 0 Å². The fourth-order valence-electron chi connectivity index (χ4n) is 3.61. The molecule has 25 heavy (non-hydrogen) atoms. The molecule has 7 nitrogen and oxygen atoms in total. The van der Waals surface area contributed by atoms with Gasteiger partial charge in [0.1, 0.15) is 0 Å². The van der Waals surface area contributed by atoms with Crippen molar-refractivity contribution in [3.63, 3.8) is 0 Å². The number of nitrogens with zero attached hydrogens (tertiary/aromatic N) is 1. The van der Waals surface area contributed by atoms with Gasteiger partial charge in [-0.05, 0) is 30.4 Å². The number of fused-ring (bicyclic) bond motifs is 1. The van der Waals surface area contributed by atoms with Crippen molar-refractivity contribution in [2.45, 2.75) is 38.5 Å². The van der Waals surface area contributed by atoms with Crippen LogP contribution in [0.2, 0.25) is 0 Å². The summed E-state index contributed by atoms with van der Waals surface area (Å²) in [5, 5.41) is 0.508. The second-order valence-corrected chi connectivity index (χ2v) is 6.55. The van der Waals surface area contributed by atoms with Gasteiger partial charge in [0.05, 0.1) is 31.1 Å². The zero-order valence-corrected chi connectivity index (χ0v) is 13.9. The lowest BCUT2D eigenvalue weighted by molar-refractivity contribution is -0.172. The van der Waals surface area contributed by atoms with Crippen LogP contribution >= 0.6 is 0 Å². The molecule has 0 radical (unpaired) electrons. The molecule has 1 aromatic carbocycles. The highest BCUT2D eigenvalue weighted by molar-refractivity contribution is 6.20. The Kier molecular flexibility index (Phi) is 4.57. The van der Waals surface area contributed by atoms with Crippen LogP contribution in [0.3, 0.4) is 0 Å². The summed E-state index contributed by atoms with van der Waals surface area (Å²) in [5.41, 5.74) is -0.0982. The van der Waals surface area contributed by atoms with E-state index in [0.717, 1.165) is 12.8 Å². The maximum atomic E-state index is 12.4. The molecule has 3 rings (SSSR count). The molecule has 132 valence electrons. The molecule has 1 fully saturated rings. The van der Waals surface area contributed by atoms with Crippen LogP contribution in [0, 0.1) is 5.41 Å². The molecule has 0 aromatic heterocycles. The first kappa shape index (κ1) is 17.1. The first-order valence-electron chi connectivity index (χ1n) is 8.21. The number of amides is 2. The van der Waals surface area contributed by atoms with Crippen LogP contribution in [0.1, 0.15) is 59.2 Å². The van der Waals surface area contributed by atoms with Crippen LogP contribution in [-0.4, -0.2) is 35.9 Å². The normalized spacial score (nSPS) is 18.2. The van der Waals surface area contributed by atoms with Crippen molar-refractivity contribution >= 4 is 23.8 Å². The molecule has 0 spiro atoms. The summed E-state index contributed by atoms with van der Waals surface area (Å²) >= 11 is 0. The highest BCUT2D eigenvalue weighted by Crippen LogP contribution is 2.44. The number of hydroxylamine groups is 2. The Morgan fingerprint density at radius 1 is 1.00 bits per heavy atom. The third-order valence-electron chi connectivity index (χ3n) is 4.88. The van der Waals surface area contributed by atoms with Gasteiger partial charge in [-0.25, -0.2) is 4.79 Å². The molecule has 1 heterocycles. The minimum absolute atomic E-state index is 0.0322. The van der Waals surface area contributed by atoms with Crippen LogP contribution in [0.5, 0.6) is 0 Å². The van der Waals surface area contributed by atoms with Crippen molar-refractivity contribution in [1.29, 1.82) is 0 Å². The molecule has 0 N–H and O–H groups in total. The predicted octanol–water partition coefficient (Wildman–Crippen LogP) is 2.25. The number of methoxy groups -OCH3 is 1. The Balaban J connectivity index is 1.69. The summed E-state index contributed by atoms with van der Waals surface area (Å²) in [6, 6.07) is 6.30. The number of hydrogen-bond acceptors (Lipinski definition) is 6. The van der Waals surface area contributed by atoms with Gasteiger partial charge in [0.2, 0.25) is 0 Å². The number of ether oxygens (including phenoxy) is 1. The predicted molar refractivity (Wildman–Crippen MR) is 85.2 cm³/mol. The molecule has 0 bridgehead atoms. The van der Waals surface area contributed by atoms with Crippen molar-refractivity contribution < 1.29 is 28.8 Å². The van der Waals surface area contributed by atoms with E-state index < -0.39 is 23.2 Å². The quantitative estimate of drug-likeness (QED) is 0.600. The number of hydrogen-bond donors (Lipinski definition) is 0. The van der Waals surface area contributed by atoms with Crippen molar-refractivity contribution in [2.75, 3.05) is 7.11 Å². The van der Waals surface area contributed by atoms with E-state index in [-0.39, 0.29) is 29.9 Å². The molecule has 0 atom stereocenters. The summed E-state index contributed by atoms with van der Waals surface area (Å²) in [4.78, 5) is 53.5. The van der Waals surface area contributed by atoms with E-state index >= 15 is 0 Å². The Bertz CT molecular complexity index is 700. The van der Waals surface area contributed by atoms with Crippen LogP contribution < -0.4 is 0 Å². The van der Waals surface area contributed by atoms with Gasteiger partial charge in [0.25, 0.3) is 11.8 Å². The third-order valence-corrected chi connectivity index (χ3v) is 4.88. The molecule has 0 saturated heterocycles. The fourth-order valence-corrected chi connectivity index (χ4v) is 3.61. The van der Waals surface area contributed by atoms with Gasteiger partial charge in [0, 0.05) is 0 Å². The van der Waals surface area contributed by atoms with Crippen molar-refractivity contribution in [2.24, 2.45) is 5.41 Å². The highest BCUT2D eigenvalue weighted by Gasteiger charge is 2.42. The summed E-state index contributed by atoms with van der Waals surface area (Å²) in [7, 11) is 1.31. The largest absolute Gasteiger partial charge is 0.469 e. The van der Waals surface area contributed by atoms with Gasteiger partial charge in [-0.3, -0.25) is 14.4 Å². The lowest BCUT2D eigenvalue weighted by Gasteiger charge is -2.27. The Morgan fingerprint density at radius 2 is 1.52 bits per heavy atom. The van der Waals surface area contributed by atoms with Gasteiger partial charge < -0.3 is 9.57 Å². The van der Waals surface area contributed by atoms with Gasteiger partial charge in [-0.2, -0.15) is 0 Å². The minimum Gasteiger partial charge on any atom is -0.469 e. The topological polar surface area (TPSA) is 90.0 Å². The summed E-state index contributed by atoms with van der Waals surface area (Å²) in [6.07, 6.45) is 3.34. The molecular formula is C18H19NO6. The van der Waals surface area contributed by atoms with Crippen LogP contribution in [0.4, 0.5) is 0 Å². The third kappa shape index (κ3) is 3.26. The molecule has 0 unspecified atom stereocenters. The lowest BCUT2D eigenvalue weighted by Crippen LogP contribution is -2.35.